The molecule has 3 atom stereocenters. The van der Waals surface area contributed by atoms with E-state index in [1.54, 1.807) is 0 Å². The van der Waals surface area contributed by atoms with E-state index in [-0.39, 0.29) is 0 Å². The van der Waals surface area contributed by atoms with Crippen LogP contribution in [0.25, 0.3) is 0 Å². The highest BCUT2D eigenvalue weighted by molar-refractivity contribution is 5.12. The lowest BCUT2D eigenvalue weighted by Crippen LogP contribution is -2.78. The molecule has 296 valence electrons. The average molecular weight is 820 g/mol. The van der Waals surface area contributed by atoms with Crippen molar-refractivity contribution in [3.63, 3.8) is 0 Å². The van der Waals surface area contributed by atoms with Gasteiger partial charge in [-0.2, -0.15) is 140 Å². The van der Waals surface area contributed by atoms with Crippen LogP contribution in [0, 0.1) is 0 Å². The molecule has 0 saturated heterocycles. The Bertz CT molecular complexity index is 1180. The lowest BCUT2D eigenvalue weighted by atomic mass is 9.97. The number of hydrogen-bond acceptors (Lipinski definition) is 2. The maximum Gasteiger partial charge on any atom is 0.460 e. The largest absolute Gasteiger partial charge is 0.460 e. The molecule has 0 amide bonds. The second kappa shape index (κ2) is 11.3. The average Bonchev–Trinajstić information content (AvgIpc) is 2.79. The zero-order valence-electron chi connectivity index (χ0n) is 20.4. The summed E-state index contributed by atoms with van der Waals surface area (Å²) in [5, 5.41) is 0. The van der Waals surface area contributed by atoms with Crippen molar-refractivity contribution in [1.82, 2.24) is 0 Å². The summed E-state index contributed by atoms with van der Waals surface area (Å²) >= 11 is 0. The normalized spacial score (nSPS) is 20.1. The van der Waals surface area contributed by atoms with Crippen LogP contribution in [0.2, 0.25) is 0 Å². The molecule has 0 saturated carbocycles. The van der Waals surface area contributed by atoms with E-state index in [1.165, 1.54) is 0 Å². The summed E-state index contributed by atoms with van der Waals surface area (Å²) in [7, 11) is 0. The Balaban J connectivity index is 8.62. The fraction of sp³-hybridized carbons (Fsp3) is 1.00. The zero-order chi connectivity index (χ0) is 40.9. The van der Waals surface area contributed by atoms with E-state index < -0.39 is 90.1 Å². The third-order valence-corrected chi connectivity index (χ3v) is 5.12. The van der Waals surface area contributed by atoms with Crippen LogP contribution in [0.3, 0.4) is 0 Å². The van der Waals surface area contributed by atoms with Crippen LogP contribution >= 0.6 is 0 Å². The van der Waals surface area contributed by atoms with Crippen molar-refractivity contribution < 1.29 is 150 Å². The van der Waals surface area contributed by atoms with Gasteiger partial charge in [0.15, 0.2) is 0 Å². The highest BCUT2D eigenvalue weighted by atomic mass is 19.5. The second-order valence-corrected chi connectivity index (χ2v) is 8.44. The smallest absolute Gasteiger partial charge is 0.284 e. The van der Waals surface area contributed by atoms with E-state index in [0.717, 1.165) is 0 Å². The van der Waals surface area contributed by atoms with Gasteiger partial charge in [0, 0.05) is 0 Å². The molecule has 2 nitrogen and oxygen atoms in total. The third kappa shape index (κ3) is 6.29. The molecule has 0 aromatic heterocycles. The van der Waals surface area contributed by atoms with Crippen molar-refractivity contribution in [1.29, 1.82) is 0 Å². The van der Waals surface area contributed by atoms with Gasteiger partial charge in [-0.05, 0) is 0 Å². The summed E-state index contributed by atoms with van der Waals surface area (Å²) in [6, 6.07) is 0. The van der Waals surface area contributed by atoms with E-state index in [0.29, 0.717) is 9.47 Å². The van der Waals surface area contributed by atoms with E-state index in [9.17, 15) is 140 Å². The maximum atomic E-state index is 14.8. The Morgan fingerprint density at radius 3 is 0.551 bits per heavy atom. The molecular weight excluding hydrogens is 820 g/mol. The number of rotatable bonds is 11. The minimum Gasteiger partial charge on any atom is -0.284 e. The summed E-state index contributed by atoms with van der Waals surface area (Å²) in [5.74, 6) is -86.5. The highest BCUT2D eigenvalue weighted by Gasteiger charge is 2.97. The molecule has 0 spiro atoms. The summed E-state index contributed by atoms with van der Waals surface area (Å²) in [6.07, 6.45) is -54.3. The lowest BCUT2D eigenvalue weighted by Gasteiger charge is -2.48. The molecule has 34 heteroatoms. The van der Waals surface area contributed by atoms with E-state index >= 15 is 0 Å². The van der Waals surface area contributed by atoms with Crippen molar-refractivity contribution in [2.75, 3.05) is 0 Å². The monoisotopic (exact) mass is 820 g/mol. The molecule has 0 aliphatic carbocycles. The van der Waals surface area contributed by atoms with Crippen molar-refractivity contribution in [3.8, 4) is 0 Å². The summed E-state index contributed by atoms with van der Waals surface area (Å²) < 4.78 is 423. The van der Waals surface area contributed by atoms with Crippen molar-refractivity contribution in [2.24, 2.45) is 0 Å². The van der Waals surface area contributed by atoms with Gasteiger partial charge in [0.2, 0.25) is 0 Å². The molecule has 0 N–H and O–H groups in total. The fourth-order valence-corrected chi connectivity index (χ4v) is 2.48. The molecule has 0 aliphatic heterocycles. The van der Waals surface area contributed by atoms with Crippen LogP contribution < -0.4 is 0 Å². The zero-order valence-corrected chi connectivity index (χ0v) is 20.4. The van der Waals surface area contributed by atoms with Crippen LogP contribution in [-0.4, -0.2) is 90.1 Å². The van der Waals surface area contributed by atoms with E-state index in [1.807, 2.05) is 0 Å². The summed E-state index contributed by atoms with van der Waals surface area (Å²) in [5.41, 5.74) is 0. The Labute approximate surface area is 241 Å². The SMILES string of the molecule is FC(F)(F)C(F)(F)C(F)(F)C(F)(OC(F)(F)C(F)(OC(F)(C(F)(F)F)C(F)(F)C(F)(F)C(F)(F)F)C(F)(F)C(F)(F)C(F)(F)F)C(F)(F)F. The Morgan fingerprint density at radius 1 is 0.184 bits per heavy atom. The molecule has 0 fully saturated rings. The topological polar surface area (TPSA) is 18.5 Å². The maximum absolute atomic E-state index is 14.8. The van der Waals surface area contributed by atoms with Gasteiger partial charge in [-0.1, -0.05) is 0 Å². The summed E-state index contributed by atoms with van der Waals surface area (Å²) in [6.45, 7) is 0. The van der Waals surface area contributed by atoms with Crippen LogP contribution in [0.5, 0.6) is 0 Å². The second-order valence-electron chi connectivity index (χ2n) is 8.44. The van der Waals surface area contributed by atoms with Crippen molar-refractivity contribution in [3.05, 3.63) is 0 Å². The van der Waals surface area contributed by atoms with E-state index in [4.69, 9.17) is 0 Å². The summed E-state index contributed by atoms with van der Waals surface area (Å²) in [4.78, 5) is 0. The minimum atomic E-state index is -10.3. The number of halogens is 32. The van der Waals surface area contributed by atoms with Crippen LogP contribution in [0.15, 0.2) is 0 Å². The molecule has 0 bridgehead atoms. The van der Waals surface area contributed by atoms with Gasteiger partial charge in [-0.25, -0.2) is 0 Å². The number of ether oxygens (including phenoxy) is 2. The first-order chi connectivity index (χ1) is 20.4. The van der Waals surface area contributed by atoms with Gasteiger partial charge < -0.3 is 0 Å². The lowest BCUT2D eigenvalue weighted by molar-refractivity contribution is -0.577. The Kier molecular flexibility index (Phi) is 10.8. The van der Waals surface area contributed by atoms with Crippen molar-refractivity contribution >= 4 is 0 Å². The third-order valence-electron chi connectivity index (χ3n) is 5.12. The molecule has 49 heavy (non-hydrogen) atoms. The predicted molar refractivity (Wildman–Crippen MR) is 78.6 cm³/mol. The first kappa shape index (κ1) is 46.7. The molecule has 0 aromatic rings. The fourth-order valence-electron chi connectivity index (χ4n) is 2.48. The standard InChI is InChI=1S/C15F32O2/c16-1(17,4(22,23)10(31,32)33)7(28,13(40,41)42)48-9(30,3(20,21)6(26,27)12(37,38)39)15(46,47)49-8(29,14(43,44)45)2(18,19)5(24,25)11(34,35)36. The minimum absolute atomic E-state index is 0.490. The van der Waals surface area contributed by atoms with Crippen LogP contribution in [0.4, 0.5) is 140 Å². The van der Waals surface area contributed by atoms with E-state index in [2.05, 4.69) is 0 Å². The highest BCUT2D eigenvalue weighted by Crippen LogP contribution is 2.66. The first-order valence-corrected chi connectivity index (χ1v) is 9.86. The molecule has 0 radical (unpaired) electrons. The Hall–Kier alpha value is -2.32. The number of alkyl halides is 32. The molecule has 0 aliphatic rings. The van der Waals surface area contributed by atoms with Crippen molar-refractivity contribution in [2.45, 2.75) is 90.1 Å². The first-order valence-electron chi connectivity index (χ1n) is 9.86. The number of hydrogen-bond donors (Lipinski definition) is 0. The predicted octanol–water partition coefficient (Wildman–Crippen LogP) is 10.2. The van der Waals surface area contributed by atoms with Crippen LogP contribution in [-0.2, 0) is 9.47 Å². The molecule has 0 heterocycles. The van der Waals surface area contributed by atoms with Gasteiger partial charge >= 0.3 is 90.1 Å². The van der Waals surface area contributed by atoms with Gasteiger partial charge in [-0.3, -0.25) is 9.47 Å². The van der Waals surface area contributed by atoms with Crippen LogP contribution in [0.1, 0.15) is 0 Å². The molecule has 3 unspecified atom stereocenters. The quantitative estimate of drug-likeness (QED) is 0.193. The Morgan fingerprint density at radius 2 is 0.367 bits per heavy atom. The molecule has 0 aromatic carbocycles. The molecule has 0 rings (SSSR count). The van der Waals surface area contributed by atoms with Gasteiger partial charge in [0.1, 0.15) is 0 Å². The van der Waals surface area contributed by atoms with Gasteiger partial charge in [-0.15, -0.1) is 0 Å². The molecular formula is C15F32O2. The van der Waals surface area contributed by atoms with Gasteiger partial charge in [0.05, 0.1) is 0 Å². The van der Waals surface area contributed by atoms with Gasteiger partial charge in [0.25, 0.3) is 0 Å².